The fourth-order valence-corrected chi connectivity index (χ4v) is 3.65. The van der Waals surface area contributed by atoms with E-state index in [0.717, 1.165) is 19.4 Å². The molecule has 0 spiro atoms. The Morgan fingerprint density at radius 3 is 2.80 bits per heavy atom. The Morgan fingerprint density at radius 1 is 1.40 bits per heavy atom. The number of fused-ring (bicyclic) bond motifs is 1. The van der Waals surface area contributed by atoms with Gasteiger partial charge in [0, 0.05) is 30.9 Å². The number of rotatable bonds is 3. The van der Waals surface area contributed by atoms with Gasteiger partial charge in [-0.15, -0.1) is 0 Å². The average molecular weight is 276 g/mol. The Labute approximate surface area is 120 Å². The molecule has 1 aromatic rings. The van der Waals surface area contributed by atoms with Crippen LogP contribution in [0.4, 0.5) is 0 Å². The van der Waals surface area contributed by atoms with E-state index in [1.165, 1.54) is 43.6 Å². The van der Waals surface area contributed by atoms with Crippen LogP contribution < -0.4 is 5.32 Å². The van der Waals surface area contributed by atoms with Gasteiger partial charge in [-0.05, 0) is 52.1 Å². The standard InChI is InChI=1S/C15H24N4O/c1-3-19-13-7-6-11(18-8-4-5-9-18)10-12(13)14(17-19)15(20)16-2/h11H,3-10H2,1-2H3,(H,16,20). The highest BCUT2D eigenvalue weighted by Gasteiger charge is 2.32. The first-order chi connectivity index (χ1) is 9.74. The van der Waals surface area contributed by atoms with Crippen molar-refractivity contribution in [2.45, 2.75) is 51.6 Å². The Bertz CT molecular complexity index is 502. The van der Waals surface area contributed by atoms with Gasteiger partial charge in [-0.25, -0.2) is 0 Å². The van der Waals surface area contributed by atoms with Crippen molar-refractivity contribution in [3.8, 4) is 0 Å². The third-order valence-electron chi connectivity index (χ3n) is 4.72. The van der Waals surface area contributed by atoms with Crippen molar-refractivity contribution in [3.63, 3.8) is 0 Å². The summed E-state index contributed by atoms with van der Waals surface area (Å²) in [4.78, 5) is 14.6. The lowest BCUT2D eigenvalue weighted by molar-refractivity contribution is 0.0955. The summed E-state index contributed by atoms with van der Waals surface area (Å²) in [6.07, 6.45) is 5.87. The number of aromatic nitrogens is 2. The Hall–Kier alpha value is -1.36. The number of nitrogens with one attached hydrogen (secondary N) is 1. The van der Waals surface area contributed by atoms with E-state index in [0.29, 0.717) is 11.7 Å². The highest BCUT2D eigenvalue weighted by Crippen LogP contribution is 2.29. The number of nitrogens with zero attached hydrogens (tertiary/aromatic N) is 3. The topological polar surface area (TPSA) is 50.2 Å². The lowest BCUT2D eigenvalue weighted by Gasteiger charge is -2.31. The fourth-order valence-electron chi connectivity index (χ4n) is 3.65. The maximum atomic E-state index is 12.0. The van der Waals surface area contributed by atoms with Gasteiger partial charge in [0.15, 0.2) is 5.69 Å². The summed E-state index contributed by atoms with van der Waals surface area (Å²) in [7, 11) is 1.68. The second-order valence-corrected chi connectivity index (χ2v) is 5.81. The molecule has 1 aliphatic carbocycles. The number of aryl methyl sites for hydroxylation is 1. The summed E-state index contributed by atoms with van der Waals surface area (Å²) >= 11 is 0. The van der Waals surface area contributed by atoms with Crippen molar-refractivity contribution in [1.29, 1.82) is 0 Å². The van der Waals surface area contributed by atoms with Gasteiger partial charge in [0.1, 0.15) is 0 Å². The summed E-state index contributed by atoms with van der Waals surface area (Å²) in [5, 5.41) is 7.25. The van der Waals surface area contributed by atoms with Crippen molar-refractivity contribution in [3.05, 3.63) is 17.0 Å². The summed E-state index contributed by atoms with van der Waals surface area (Å²) in [5.74, 6) is -0.0458. The third kappa shape index (κ3) is 2.24. The van der Waals surface area contributed by atoms with Crippen LogP contribution in [0.5, 0.6) is 0 Å². The Balaban J connectivity index is 1.89. The molecule has 1 N–H and O–H groups in total. The third-order valence-corrected chi connectivity index (χ3v) is 4.72. The number of likely N-dealkylation sites (tertiary alicyclic amines) is 1. The molecule has 1 aliphatic heterocycles. The molecule has 1 unspecified atom stereocenters. The maximum absolute atomic E-state index is 12.0. The molecule has 0 radical (unpaired) electrons. The lowest BCUT2D eigenvalue weighted by atomic mass is 9.90. The summed E-state index contributed by atoms with van der Waals surface area (Å²) in [6.45, 7) is 5.37. The van der Waals surface area contributed by atoms with E-state index in [2.05, 4.69) is 22.2 Å². The zero-order chi connectivity index (χ0) is 14.1. The van der Waals surface area contributed by atoms with E-state index in [1.54, 1.807) is 7.05 Å². The van der Waals surface area contributed by atoms with Gasteiger partial charge in [0.25, 0.3) is 5.91 Å². The van der Waals surface area contributed by atoms with Gasteiger partial charge in [-0.1, -0.05) is 0 Å². The molecule has 1 aromatic heterocycles. The molecule has 5 nitrogen and oxygen atoms in total. The van der Waals surface area contributed by atoms with Crippen LogP contribution in [0.3, 0.4) is 0 Å². The molecule has 5 heteroatoms. The van der Waals surface area contributed by atoms with Gasteiger partial charge in [-0.3, -0.25) is 9.48 Å². The van der Waals surface area contributed by atoms with Gasteiger partial charge in [0.2, 0.25) is 0 Å². The van der Waals surface area contributed by atoms with Crippen molar-refractivity contribution >= 4 is 5.91 Å². The smallest absolute Gasteiger partial charge is 0.271 e. The van der Waals surface area contributed by atoms with E-state index in [-0.39, 0.29) is 5.91 Å². The number of hydrogen-bond donors (Lipinski definition) is 1. The minimum atomic E-state index is -0.0458. The van der Waals surface area contributed by atoms with Gasteiger partial charge in [-0.2, -0.15) is 5.10 Å². The molecule has 20 heavy (non-hydrogen) atoms. The number of carbonyl (C=O) groups excluding carboxylic acids is 1. The van der Waals surface area contributed by atoms with E-state index in [4.69, 9.17) is 0 Å². The molecule has 110 valence electrons. The first-order valence-corrected chi connectivity index (χ1v) is 7.79. The van der Waals surface area contributed by atoms with Gasteiger partial charge >= 0.3 is 0 Å². The number of amides is 1. The number of hydrogen-bond acceptors (Lipinski definition) is 3. The highest BCUT2D eigenvalue weighted by molar-refractivity contribution is 5.93. The molecule has 1 atom stereocenters. The first kappa shape index (κ1) is 13.6. The van der Waals surface area contributed by atoms with Crippen molar-refractivity contribution < 1.29 is 4.79 Å². The Kier molecular flexibility index (Phi) is 3.78. The van der Waals surface area contributed by atoms with E-state index in [1.807, 2.05) is 4.68 Å². The van der Waals surface area contributed by atoms with Gasteiger partial charge in [0.05, 0.1) is 0 Å². The van der Waals surface area contributed by atoms with Crippen LogP contribution in [0.1, 0.15) is 47.9 Å². The van der Waals surface area contributed by atoms with E-state index < -0.39 is 0 Å². The molecule has 0 aromatic carbocycles. The maximum Gasteiger partial charge on any atom is 0.271 e. The largest absolute Gasteiger partial charge is 0.354 e. The minimum absolute atomic E-state index is 0.0458. The summed E-state index contributed by atoms with van der Waals surface area (Å²) < 4.78 is 2.01. The van der Waals surface area contributed by atoms with Crippen LogP contribution in [0.25, 0.3) is 0 Å². The van der Waals surface area contributed by atoms with E-state index >= 15 is 0 Å². The van der Waals surface area contributed by atoms with E-state index in [9.17, 15) is 4.79 Å². The van der Waals surface area contributed by atoms with Crippen LogP contribution in [0.15, 0.2) is 0 Å². The SMILES string of the molecule is CCn1nc(C(=O)NC)c2c1CCC(N1CCCC1)C2. The molecular formula is C15H24N4O. The molecule has 1 amide bonds. The van der Waals surface area contributed by atoms with Crippen LogP contribution in [-0.4, -0.2) is 46.8 Å². The molecule has 2 aliphatic rings. The summed E-state index contributed by atoms with van der Waals surface area (Å²) in [5.41, 5.74) is 3.11. The fraction of sp³-hybridized carbons (Fsp3) is 0.733. The minimum Gasteiger partial charge on any atom is -0.354 e. The quantitative estimate of drug-likeness (QED) is 0.903. The summed E-state index contributed by atoms with van der Waals surface area (Å²) in [6, 6.07) is 0.600. The first-order valence-electron chi connectivity index (χ1n) is 7.79. The zero-order valence-electron chi connectivity index (χ0n) is 12.5. The zero-order valence-corrected chi connectivity index (χ0v) is 12.5. The monoisotopic (exact) mass is 276 g/mol. The predicted molar refractivity (Wildman–Crippen MR) is 77.9 cm³/mol. The normalized spacial score (nSPS) is 22.8. The highest BCUT2D eigenvalue weighted by atomic mass is 16.1. The molecule has 1 saturated heterocycles. The molecule has 1 fully saturated rings. The molecule has 0 bridgehead atoms. The number of carbonyl (C=O) groups is 1. The van der Waals surface area contributed by atoms with Crippen LogP contribution in [0.2, 0.25) is 0 Å². The lowest BCUT2D eigenvalue weighted by Crippen LogP contribution is -2.38. The van der Waals surface area contributed by atoms with Crippen molar-refractivity contribution in [1.82, 2.24) is 20.0 Å². The molecular weight excluding hydrogens is 252 g/mol. The van der Waals surface area contributed by atoms with Crippen molar-refractivity contribution in [2.24, 2.45) is 0 Å². The van der Waals surface area contributed by atoms with Gasteiger partial charge < -0.3 is 10.2 Å². The van der Waals surface area contributed by atoms with Crippen LogP contribution in [0, 0.1) is 0 Å². The second kappa shape index (κ2) is 5.56. The molecule has 0 saturated carbocycles. The second-order valence-electron chi connectivity index (χ2n) is 5.81. The predicted octanol–water partition coefficient (Wildman–Crippen LogP) is 1.22. The Morgan fingerprint density at radius 2 is 2.15 bits per heavy atom. The van der Waals surface area contributed by atoms with Crippen molar-refractivity contribution in [2.75, 3.05) is 20.1 Å². The van der Waals surface area contributed by atoms with Crippen LogP contribution in [-0.2, 0) is 19.4 Å². The average Bonchev–Trinajstić information content (AvgIpc) is 3.13. The van der Waals surface area contributed by atoms with Crippen LogP contribution >= 0.6 is 0 Å². The molecule has 2 heterocycles. The molecule has 3 rings (SSSR count).